The lowest BCUT2D eigenvalue weighted by Gasteiger charge is -2.23. The van der Waals surface area contributed by atoms with Gasteiger partial charge in [0.15, 0.2) is 5.69 Å². The molecule has 1 aromatic heterocycles. The molecule has 0 spiro atoms. The van der Waals surface area contributed by atoms with Gasteiger partial charge < -0.3 is 14.8 Å². The van der Waals surface area contributed by atoms with E-state index in [1.807, 2.05) is 12.1 Å². The first-order chi connectivity index (χ1) is 13.0. The Hall–Kier alpha value is -2.47. The zero-order chi connectivity index (χ0) is 19.3. The number of rotatable bonds is 6. The summed E-state index contributed by atoms with van der Waals surface area (Å²) < 4.78 is 11.0. The van der Waals surface area contributed by atoms with Crippen molar-refractivity contribution in [2.75, 3.05) is 13.2 Å². The normalized spacial score (nSPS) is 15.4. The molecular formula is C21H27N3O3. The largest absolute Gasteiger partial charge is 0.438 e. The van der Waals surface area contributed by atoms with Gasteiger partial charge in [0.25, 0.3) is 5.91 Å². The third kappa shape index (κ3) is 5.04. The number of hydrogen-bond acceptors (Lipinski definition) is 5. The average molecular weight is 369 g/mol. The maximum atomic E-state index is 12.2. The number of nitrogens with zero attached hydrogens (tertiary/aromatic N) is 2. The highest BCUT2D eigenvalue weighted by Gasteiger charge is 2.19. The smallest absolute Gasteiger partial charge is 0.272 e. The first kappa shape index (κ1) is 19.3. The fraction of sp³-hybridized carbons (Fsp3) is 0.476. The van der Waals surface area contributed by atoms with Gasteiger partial charge in [-0.25, -0.2) is 0 Å². The summed E-state index contributed by atoms with van der Waals surface area (Å²) in [5.41, 5.74) is 1.69. The third-order valence-corrected chi connectivity index (χ3v) is 5.17. The first-order valence-electron chi connectivity index (χ1n) is 9.48. The zero-order valence-corrected chi connectivity index (χ0v) is 16.2. The van der Waals surface area contributed by atoms with Gasteiger partial charge in [0, 0.05) is 25.3 Å². The molecule has 2 heterocycles. The maximum absolute atomic E-state index is 12.2. The second-order valence-electron chi connectivity index (χ2n) is 7.48. The predicted molar refractivity (Wildman–Crippen MR) is 103 cm³/mol. The van der Waals surface area contributed by atoms with Gasteiger partial charge in [0.05, 0.1) is 0 Å². The Morgan fingerprint density at radius 2 is 1.85 bits per heavy atom. The Balaban J connectivity index is 1.59. The number of carbonyl (C=O) groups is 1. The second-order valence-corrected chi connectivity index (χ2v) is 7.48. The summed E-state index contributed by atoms with van der Waals surface area (Å²) in [6, 6.07) is 11.4. The molecule has 1 N–H and O–H groups in total. The average Bonchev–Trinajstić information content (AvgIpc) is 2.70. The molecule has 0 bridgehead atoms. The monoisotopic (exact) mass is 369 g/mol. The van der Waals surface area contributed by atoms with Gasteiger partial charge in [-0.05, 0) is 48.4 Å². The Labute approximate surface area is 160 Å². The van der Waals surface area contributed by atoms with E-state index in [0.29, 0.717) is 24.8 Å². The summed E-state index contributed by atoms with van der Waals surface area (Å²) in [6.07, 6.45) is 2.71. The van der Waals surface area contributed by atoms with Gasteiger partial charge in [-0.2, -0.15) is 0 Å². The SMILES string of the molecule is CCC(C)(C)c1ccc(Oc2ccc(C(=O)NC3CCOCC3)nn2)cc1. The number of amides is 1. The Morgan fingerprint density at radius 3 is 2.44 bits per heavy atom. The molecule has 1 aliphatic heterocycles. The van der Waals surface area contributed by atoms with Crippen LogP contribution >= 0.6 is 0 Å². The van der Waals surface area contributed by atoms with Crippen molar-refractivity contribution in [1.29, 1.82) is 0 Å². The van der Waals surface area contributed by atoms with E-state index >= 15 is 0 Å². The van der Waals surface area contributed by atoms with E-state index in [-0.39, 0.29) is 23.1 Å². The number of aromatic nitrogens is 2. The van der Waals surface area contributed by atoms with Gasteiger partial charge in [0.2, 0.25) is 5.88 Å². The van der Waals surface area contributed by atoms with Crippen LogP contribution in [-0.2, 0) is 10.2 Å². The maximum Gasteiger partial charge on any atom is 0.272 e. The molecule has 6 heteroatoms. The van der Waals surface area contributed by atoms with Crippen LogP contribution in [0, 0.1) is 0 Å². The minimum Gasteiger partial charge on any atom is -0.438 e. The van der Waals surface area contributed by atoms with E-state index in [1.165, 1.54) is 5.56 Å². The molecule has 1 amide bonds. The summed E-state index contributed by atoms with van der Waals surface area (Å²) in [5.74, 6) is 0.839. The number of benzene rings is 1. The van der Waals surface area contributed by atoms with E-state index in [0.717, 1.165) is 19.3 Å². The van der Waals surface area contributed by atoms with Crippen LogP contribution in [0.1, 0.15) is 56.1 Å². The molecule has 6 nitrogen and oxygen atoms in total. The number of nitrogens with one attached hydrogen (secondary N) is 1. The van der Waals surface area contributed by atoms with Crippen molar-refractivity contribution >= 4 is 5.91 Å². The van der Waals surface area contributed by atoms with Crippen LogP contribution in [0.3, 0.4) is 0 Å². The molecule has 0 atom stereocenters. The molecule has 0 aliphatic carbocycles. The van der Waals surface area contributed by atoms with E-state index < -0.39 is 0 Å². The van der Waals surface area contributed by atoms with Crippen molar-refractivity contribution in [3.8, 4) is 11.6 Å². The number of carbonyl (C=O) groups excluding carboxylic acids is 1. The van der Waals surface area contributed by atoms with Crippen molar-refractivity contribution in [1.82, 2.24) is 15.5 Å². The highest BCUT2D eigenvalue weighted by molar-refractivity contribution is 5.92. The van der Waals surface area contributed by atoms with E-state index in [4.69, 9.17) is 9.47 Å². The van der Waals surface area contributed by atoms with Crippen molar-refractivity contribution in [3.63, 3.8) is 0 Å². The first-order valence-corrected chi connectivity index (χ1v) is 9.48. The predicted octanol–water partition coefficient (Wildman–Crippen LogP) is 3.87. The molecule has 27 heavy (non-hydrogen) atoms. The Kier molecular flexibility index (Phi) is 6.06. The molecule has 1 fully saturated rings. The van der Waals surface area contributed by atoms with Crippen molar-refractivity contribution in [2.45, 2.75) is 51.5 Å². The molecule has 1 aliphatic rings. The van der Waals surface area contributed by atoms with E-state index in [9.17, 15) is 4.79 Å². The van der Waals surface area contributed by atoms with Crippen LogP contribution in [0.4, 0.5) is 0 Å². The van der Waals surface area contributed by atoms with E-state index in [2.05, 4.69) is 48.4 Å². The summed E-state index contributed by atoms with van der Waals surface area (Å²) in [6.45, 7) is 7.98. The van der Waals surface area contributed by atoms with Crippen LogP contribution in [0.2, 0.25) is 0 Å². The highest BCUT2D eigenvalue weighted by Crippen LogP contribution is 2.29. The molecule has 1 aromatic carbocycles. The Bertz CT molecular complexity index is 751. The van der Waals surface area contributed by atoms with Gasteiger partial charge in [-0.15, -0.1) is 10.2 Å². The van der Waals surface area contributed by atoms with Gasteiger partial charge in [-0.3, -0.25) is 4.79 Å². The summed E-state index contributed by atoms with van der Waals surface area (Å²) in [7, 11) is 0. The summed E-state index contributed by atoms with van der Waals surface area (Å²) in [4.78, 5) is 12.2. The molecule has 0 saturated carbocycles. The fourth-order valence-electron chi connectivity index (χ4n) is 2.90. The molecule has 2 aromatic rings. The molecule has 0 unspecified atom stereocenters. The molecule has 144 valence electrons. The van der Waals surface area contributed by atoms with Crippen molar-refractivity contribution in [2.24, 2.45) is 0 Å². The van der Waals surface area contributed by atoms with Crippen LogP contribution in [0.15, 0.2) is 36.4 Å². The minimum absolute atomic E-state index is 0.134. The zero-order valence-electron chi connectivity index (χ0n) is 16.2. The topological polar surface area (TPSA) is 73.3 Å². The lowest BCUT2D eigenvalue weighted by atomic mass is 9.82. The minimum atomic E-state index is -0.216. The molecular weight excluding hydrogens is 342 g/mol. The highest BCUT2D eigenvalue weighted by atomic mass is 16.5. The lowest BCUT2D eigenvalue weighted by molar-refractivity contribution is 0.0693. The molecule has 0 radical (unpaired) electrons. The summed E-state index contributed by atoms with van der Waals surface area (Å²) in [5, 5.41) is 11.0. The van der Waals surface area contributed by atoms with Gasteiger partial charge in [0.1, 0.15) is 5.75 Å². The third-order valence-electron chi connectivity index (χ3n) is 5.17. The fourth-order valence-corrected chi connectivity index (χ4v) is 2.90. The summed E-state index contributed by atoms with van der Waals surface area (Å²) >= 11 is 0. The quantitative estimate of drug-likeness (QED) is 0.837. The van der Waals surface area contributed by atoms with Crippen LogP contribution in [0.25, 0.3) is 0 Å². The van der Waals surface area contributed by atoms with Crippen LogP contribution in [-0.4, -0.2) is 35.4 Å². The van der Waals surface area contributed by atoms with E-state index in [1.54, 1.807) is 12.1 Å². The van der Waals surface area contributed by atoms with Crippen LogP contribution < -0.4 is 10.1 Å². The lowest BCUT2D eigenvalue weighted by Crippen LogP contribution is -2.39. The number of hydrogen-bond donors (Lipinski definition) is 1. The van der Waals surface area contributed by atoms with Crippen molar-refractivity contribution in [3.05, 3.63) is 47.7 Å². The standard InChI is InChI=1S/C21H27N3O3/c1-4-21(2,3)15-5-7-17(8-6-15)27-19-10-9-18(23-24-19)20(25)22-16-11-13-26-14-12-16/h5-10,16H,4,11-14H2,1-3H3,(H,22,25). The van der Waals surface area contributed by atoms with Crippen LogP contribution in [0.5, 0.6) is 11.6 Å². The molecule has 1 saturated heterocycles. The number of ether oxygens (including phenoxy) is 2. The Morgan fingerprint density at radius 1 is 1.15 bits per heavy atom. The second kappa shape index (κ2) is 8.48. The molecule has 3 rings (SSSR count). The van der Waals surface area contributed by atoms with Gasteiger partial charge >= 0.3 is 0 Å². The van der Waals surface area contributed by atoms with Gasteiger partial charge in [-0.1, -0.05) is 32.9 Å². The van der Waals surface area contributed by atoms with Crippen molar-refractivity contribution < 1.29 is 14.3 Å².